The van der Waals surface area contributed by atoms with E-state index in [1.54, 1.807) is 0 Å². The molecule has 3 heterocycles. The van der Waals surface area contributed by atoms with Gasteiger partial charge in [0.15, 0.2) is 0 Å². The molecule has 5 heteroatoms. The Balaban J connectivity index is 1.30. The van der Waals surface area contributed by atoms with E-state index in [-0.39, 0.29) is 5.54 Å². The van der Waals surface area contributed by atoms with Gasteiger partial charge in [0, 0.05) is 29.7 Å². The molecule has 4 atom stereocenters. The van der Waals surface area contributed by atoms with E-state index in [9.17, 15) is 5.11 Å². The smallest absolute Gasteiger partial charge is 0.0756 e. The van der Waals surface area contributed by atoms with Crippen LogP contribution in [0.4, 0.5) is 0 Å². The first-order valence-electron chi connectivity index (χ1n) is 11.6. The van der Waals surface area contributed by atoms with E-state index in [4.69, 9.17) is 23.2 Å². The van der Waals surface area contributed by atoms with E-state index < -0.39 is 6.10 Å². The number of aliphatic hydroxyl groups is 1. The number of fused-ring (bicyclic) bond motifs is 6. The van der Waals surface area contributed by atoms with Gasteiger partial charge in [-0.15, -0.1) is 0 Å². The molecule has 1 aliphatic carbocycles. The molecule has 3 aliphatic rings. The SMILES string of the molecule is C[C@]12C[C@H]3C[C@@H](O)/C(=C/c4ccc(Cl)c(Cl)c4)C[C@@H]3CN1CCc1c2[nH]c2ccccc12. The Hall–Kier alpha value is -1.78. The summed E-state index contributed by atoms with van der Waals surface area (Å²) in [4.78, 5) is 6.47. The average Bonchev–Trinajstić information content (AvgIpc) is 3.16. The molecular formula is C27H28Cl2N2O. The van der Waals surface area contributed by atoms with Crippen LogP contribution in [0.3, 0.4) is 0 Å². The fourth-order valence-electron chi connectivity index (χ4n) is 6.56. The minimum absolute atomic E-state index is 0.0123. The van der Waals surface area contributed by atoms with Crippen molar-refractivity contribution >= 4 is 40.2 Å². The van der Waals surface area contributed by atoms with Gasteiger partial charge in [0.05, 0.1) is 21.7 Å². The van der Waals surface area contributed by atoms with Crippen LogP contribution in [-0.2, 0) is 12.0 Å². The van der Waals surface area contributed by atoms with E-state index in [1.807, 2.05) is 18.2 Å². The minimum Gasteiger partial charge on any atom is -0.389 e. The number of hydrogen-bond acceptors (Lipinski definition) is 2. The number of halogens is 2. The molecule has 166 valence electrons. The van der Waals surface area contributed by atoms with Crippen LogP contribution >= 0.6 is 23.2 Å². The lowest BCUT2D eigenvalue weighted by molar-refractivity contribution is -0.0402. The van der Waals surface area contributed by atoms with Crippen LogP contribution < -0.4 is 0 Å². The molecule has 3 nitrogen and oxygen atoms in total. The van der Waals surface area contributed by atoms with Crippen LogP contribution in [0, 0.1) is 11.8 Å². The molecule has 0 spiro atoms. The minimum atomic E-state index is -0.397. The molecule has 32 heavy (non-hydrogen) atoms. The van der Waals surface area contributed by atoms with Gasteiger partial charge in [-0.05, 0) is 79.3 Å². The quantitative estimate of drug-likeness (QED) is 0.433. The third kappa shape index (κ3) is 3.25. The molecule has 0 unspecified atom stereocenters. The van der Waals surface area contributed by atoms with E-state index >= 15 is 0 Å². The number of benzene rings is 2. The van der Waals surface area contributed by atoms with Gasteiger partial charge >= 0.3 is 0 Å². The Morgan fingerprint density at radius 2 is 1.97 bits per heavy atom. The van der Waals surface area contributed by atoms with Crippen molar-refractivity contribution in [1.82, 2.24) is 9.88 Å². The summed E-state index contributed by atoms with van der Waals surface area (Å²) in [6.07, 6.45) is 5.68. The third-order valence-corrected chi connectivity index (χ3v) is 8.95. The summed E-state index contributed by atoms with van der Waals surface area (Å²) in [5.74, 6) is 1.10. The molecule has 2 aromatic carbocycles. The lowest BCUT2D eigenvalue weighted by Gasteiger charge is -2.55. The molecular weight excluding hydrogens is 439 g/mol. The zero-order chi connectivity index (χ0) is 22.0. The lowest BCUT2D eigenvalue weighted by Crippen LogP contribution is -2.57. The third-order valence-electron chi connectivity index (χ3n) is 8.21. The second-order valence-electron chi connectivity index (χ2n) is 10.1. The zero-order valence-corrected chi connectivity index (χ0v) is 19.8. The number of H-pyrrole nitrogens is 1. The highest BCUT2D eigenvalue weighted by Crippen LogP contribution is 2.51. The topological polar surface area (TPSA) is 39.3 Å². The number of aromatic amines is 1. The highest BCUT2D eigenvalue weighted by molar-refractivity contribution is 6.42. The Kier molecular flexibility index (Phi) is 4.96. The fraction of sp³-hybridized carbons (Fsp3) is 0.407. The number of hydrogen-bond donors (Lipinski definition) is 2. The van der Waals surface area contributed by atoms with Crippen LogP contribution in [0.5, 0.6) is 0 Å². The van der Waals surface area contributed by atoms with Gasteiger partial charge in [-0.2, -0.15) is 0 Å². The molecule has 6 rings (SSSR count). The molecule has 2 aliphatic heterocycles. The van der Waals surface area contributed by atoms with Gasteiger partial charge in [0.1, 0.15) is 0 Å². The Morgan fingerprint density at radius 1 is 1.12 bits per heavy atom. The predicted molar refractivity (Wildman–Crippen MR) is 132 cm³/mol. The first-order chi connectivity index (χ1) is 15.4. The maximum absolute atomic E-state index is 11.0. The number of para-hydroxylation sites is 1. The number of piperidine rings is 1. The number of nitrogens with zero attached hydrogens (tertiary/aromatic N) is 1. The monoisotopic (exact) mass is 466 g/mol. The van der Waals surface area contributed by atoms with E-state index in [0.717, 1.165) is 49.9 Å². The van der Waals surface area contributed by atoms with Crippen LogP contribution in [0.25, 0.3) is 17.0 Å². The molecule has 1 saturated heterocycles. The largest absolute Gasteiger partial charge is 0.389 e. The van der Waals surface area contributed by atoms with Crippen molar-refractivity contribution in [3.63, 3.8) is 0 Å². The highest BCUT2D eigenvalue weighted by atomic mass is 35.5. The van der Waals surface area contributed by atoms with Crippen LogP contribution in [-0.4, -0.2) is 34.2 Å². The van der Waals surface area contributed by atoms with E-state index in [2.05, 4.69) is 47.1 Å². The molecule has 0 radical (unpaired) electrons. The Bertz CT molecular complexity index is 1230. The Morgan fingerprint density at radius 3 is 2.81 bits per heavy atom. The standard InChI is InChI=1S/C27H28Cl2N2O/c1-27-14-18-13-25(32)17(10-16-6-7-22(28)23(29)11-16)12-19(18)15-31(27)9-8-21-20-4-2-3-5-24(20)30-26(21)27/h2-7,10-11,18-19,25,30,32H,8-9,12-15H2,1H3/b17-10+/t18-,19-,25-,27-/m1/s1. The molecule has 2 N–H and O–H groups in total. The van der Waals surface area contributed by atoms with Gasteiger partial charge in [-0.3, -0.25) is 4.90 Å². The molecule has 1 aromatic heterocycles. The first kappa shape index (κ1) is 20.8. The van der Waals surface area contributed by atoms with E-state index in [0.29, 0.717) is 21.9 Å². The molecule has 3 aromatic rings. The summed E-state index contributed by atoms with van der Waals surface area (Å²) >= 11 is 12.3. The summed E-state index contributed by atoms with van der Waals surface area (Å²) in [6.45, 7) is 4.59. The van der Waals surface area contributed by atoms with Gasteiger partial charge in [-0.1, -0.05) is 53.5 Å². The molecule has 0 amide bonds. The van der Waals surface area contributed by atoms with Crippen molar-refractivity contribution in [2.75, 3.05) is 13.1 Å². The van der Waals surface area contributed by atoms with Crippen molar-refractivity contribution in [1.29, 1.82) is 0 Å². The number of nitrogens with one attached hydrogen (secondary N) is 1. The van der Waals surface area contributed by atoms with Gasteiger partial charge < -0.3 is 10.1 Å². The van der Waals surface area contributed by atoms with Crippen LogP contribution in [0.1, 0.15) is 43.0 Å². The predicted octanol–water partition coefficient (Wildman–Crippen LogP) is 6.42. The van der Waals surface area contributed by atoms with Gasteiger partial charge in [-0.25, -0.2) is 0 Å². The molecule has 0 bridgehead atoms. The normalized spacial score (nSPS) is 31.4. The van der Waals surface area contributed by atoms with Crippen LogP contribution in [0.2, 0.25) is 10.0 Å². The maximum Gasteiger partial charge on any atom is 0.0756 e. The lowest BCUT2D eigenvalue weighted by atomic mass is 9.64. The van der Waals surface area contributed by atoms with Crippen molar-refractivity contribution in [3.05, 3.63) is 74.9 Å². The van der Waals surface area contributed by atoms with Gasteiger partial charge in [0.2, 0.25) is 0 Å². The Labute approximate surface area is 199 Å². The summed E-state index contributed by atoms with van der Waals surface area (Å²) in [5.41, 5.74) is 6.28. The second-order valence-corrected chi connectivity index (χ2v) is 10.9. The fourth-order valence-corrected chi connectivity index (χ4v) is 6.87. The number of aromatic nitrogens is 1. The average molecular weight is 467 g/mol. The zero-order valence-electron chi connectivity index (χ0n) is 18.2. The number of rotatable bonds is 1. The van der Waals surface area contributed by atoms with Crippen LogP contribution in [0.15, 0.2) is 48.0 Å². The summed E-state index contributed by atoms with van der Waals surface area (Å²) in [6, 6.07) is 14.4. The summed E-state index contributed by atoms with van der Waals surface area (Å²) in [7, 11) is 0. The van der Waals surface area contributed by atoms with Crippen molar-refractivity contribution in [2.24, 2.45) is 11.8 Å². The second kappa shape index (κ2) is 7.63. The summed E-state index contributed by atoms with van der Waals surface area (Å²) < 4.78 is 0. The summed E-state index contributed by atoms with van der Waals surface area (Å²) in [5, 5.41) is 13.5. The molecule has 2 fully saturated rings. The highest BCUT2D eigenvalue weighted by Gasteiger charge is 2.49. The van der Waals surface area contributed by atoms with E-state index in [1.165, 1.54) is 22.2 Å². The van der Waals surface area contributed by atoms with Crippen molar-refractivity contribution in [3.8, 4) is 0 Å². The first-order valence-corrected chi connectivity index (χ1v) is 12.4. The van der Waals surface area contributed by atoms with Gasteiger partial charge in [0.25, 0.3) is 0 Å². The maximum atomic E-state index is 11.0. The molecule has 1 saturated carbocycles. The van der Waals surface area contributed by atoms with Crippen molar-refractivity contribution in [2.45, 2.75) is 44.2 Å². The number of aliphatic hydroxyl groups excluding tert-OH is 1. The van der Waals surface area contributed by atoms with Crippen molar-refractivity contribution < 1.29 is 5.11 Å².